The summed E-state index contributed by atoms with van der Waals surface area (Å²) in [6.45, 7) is 3.60. The van der Waals surface area contributed by atoms with Gasteiger partial charge in [-0.2, -0.15) is 4.98 Å². The average molecular weight is 403 g/mol. The SMILES string of the molecule is COCCc1noc(C2CCCCN2Cc2cc3c(cc2OC)OCCCO3)n1. The van der Waals surface area contributed by atoms with Gasteiger partial charge in [-0.1, -0.05) is 11.6 Å². The normalized spacial score (nSPS) is 19.7. The van der Waals surface area contributed by atoms with E-state index in [9.17, 15) is 0 Å². The Kier molecular flexibility index (Phi) is 6.51. The van der Waals surface area contributed by atoms with Crippen LogP contribution in [0.1, 0.15) is 49.0 Å². The van der Waals surface area contributed by atoms with Gasteiger partial charge in [0, 0.05) is 38.1 Å². The fourth-order valence-corrected chi connectivity index (χ4v) is 3.92. The van der Waals surface area contributed by atoms with Gasteiger partial charge < -0.3 is 23.5 Å². The Labute approximate surface area is 171 Å². The second-order valence-corrected chi connectivity index (χ2v) is 7.43. The van der Waals surface area contributed by atoms with Crippen LogP contribution in [-0.2, 0) is 17.7 Å². The number of aromatic nitrogens is 2. The molecule has 0 N–H and O–H groups in total. The Balaban J connectivity index is 1.55. The van der Waals surface area contributed by atoms with Gasteiger partial charge in [0.25, 0.3) is 0 Å². The Morgan fingerprint density at radius 1 is 1.10 bits per heavy atom. The second kappa shape index (κ2) is 9.45. The minimum atomic E-state index is 0.105. The molecule has 1 saturated heterocycles. The van der Waals surface area contributed by atoms with Crippen molar-refractivity contribution in [3.63, 3.8) is 0 Å². The molecule has 1 fully saturated rings. The number of fused-ring (bicyclic) bond motifs is 1. The first kappa shape index (κ1) is 20.0. The van der Waals surface area contributed by atoms with Crippen molar-refractivity contribution in [3.05, 3.63) is 29.4 Å². The van der Waals surface area contributed by atoms with Crippen LogP contribution in [0.15, 0.2) is 16.7 Å². The molecule has 8 heteroatoms. The molecule has 158 valence electrons. The van der Waals surface area contributed by atoms with E-state index in [4.69, 9.17) is 23.5 Å². The highest BCUT2D eigenvalue weighted by Crippen LogP contribution is 2.39. The lowest BCUT2D eigenvalue weighted by Crippen LogP contribution is -2.33. The number of hydrogen-bond acceptors (Lipinski definition) is 8. The molecule has 2 aromatic rings. The molecule has 2 aliphatic heterocycles. The topological polar surface area (TPSA) is 79.1 Å². The van der Waals surface area contributed by atoms with Crippen molar-refractivity contribution in [1.29, 1.82) is 0 Å². The predicted octanol–water partition coefficient (Wildman–Crippen LogP) is 3.16. The van der Waals surface area contributed by atoms with Crippen LogP contribution in [0.2, 0.25) is 0 Å². The monoisotopic (exact) mass is 403 g/mol. The molecule has 1 aromatic carbocycles. The van der Waals surface area contributed by atoms with E-state index >= 15 is 0 Å². The maximum atomic E-state index is 5.88. The minimum absolute atomic E-state index is 0.105. The van der Waals surface area contributed by atoms with Gasteiger partial charge in [0.15, 0.2) is 17.3 Å². The molecular formula is C21H29N3O5. The molecule has 0 aliphatic carbocycles. The van der Waals surface area contributed by atoms with Crippen LogP contribution in [0.25, 0.3) is 0 Å². The van der Waals surface area contributed by atoms with E-state index < -0.39 is 0 Å². The smallest absolute Gasteiger partial charge is 0.244 e. The number of nitrogens with zero attached hydrogens (tertiary/aromatic N) is 3. The van der Waals surface area contributed by atoms with Gasteiger partial charge in [-0.15, -0.1) is 0 Å². The molecule has 1 unspecified atom stereocenters. The second-order valence-electron chi connectivity index (χ2n) is 7.43. The van der Waals surface area contributed by atoms with E-state index in [1.807, 2.05) is 12.1 Å². The zero-order chi connectivity index (χ0) is 20.1. The van der Waals surface area contributed by atoms with Crippen LogP contribution >= 0.6 is 0 Å². The van der Waals surface area contributed by atoms with Gasteiger partial charge in [0.1, 0.15) is 5.75 Å². The van der Waals surface area contributed by atoms with Crippen molar-refractivity contribution in [2.45, 2.75) is 44.7 Å². The van der Waals surface area contributed by atoms with Gasteiger partial charge in [-0.05, 0) is 25.5 Å². The molecule has 2 aliphatic rings. The van der Waals surface area contributed by atoms with Crippen LogP contribution in [-0.4, -0.2) is 55.6 Å². The van der Waals surface area contributed by atoms with Crippen molar-refractivity contribution < 1.29 is 23.5 Å². The molecule has 29 heavy (non-hydrogen) atoms. The third-order valence-corrected chi connectivity index (χ3v) is 5.44. The van der Waals surface area contributed by atoms with Crippen molar-refractivity contribution >= 4 is 0 Å². The molecule has 0 spiro atoms. The lowest BCUT2D eigenvalue weighted by atomic mass is 10.0. The first-order chi connectivity index (χ1) is 14.3. The van der Waals surface area contributed by atoms with Crippen molar-refractivity contribution in [3.8, 4) is 17.2 Å². The number of benzene rings is 1. The molecule has 1 atom stereocenters. The van der Waals surface area contributed by atoms with Crippen molar-refractivity contribution in [1.82, 2.24) is 15.0 Å². The number of piperidine rings is 1. The number of rotatable bonds is 7. The van der Waals surface area contributed by atoms with Gasteiger partial charge in [0.2, 0.25) is 5.89 Å². The summed E-state index contributed by atoms with van der Waals surface area (Å²) < 4.78 is 28.0. The number of hydrogen-bond donors (Lipinski definition) is 0. The highest BCUT2D eigenvalue weighted by molar-refractivity contribution is 5.51. The molecule has 0 bridgehead atoms. The van der Waals surface area contributed by atoms with E-state index in [0.717, 1.165) is 61.6 Å². The third-order valence-electron chi connectivity index (χ3n) is 5.44. The zero-order valence-corrected chi connectivity index (χ0v) is 17.2. The van der Waals surface area contributed by atoms with Gasteiger partial charge in [0.05, 0.1) is 33.0 Å². The summed E-state index contributed by atoms with van der Waals surface area (Å²) in [5.74, 6) is 3.72. The molecule has 0 radical (unpaired) electrons. The fourth-order valence-electron chi connectivity index (χ4n) is 3.92. The fraction of sp³-hybridized carbons (Fsp3) is 0.619. The predicted molar refractivity (Wildman–Crippen MR) is 105 cm³/mol. The third kappa shape index (κ3) is 4.64. The summed E-state index contributed by atoms with van der Waals surface area (Å²) in [5.41, 5.74) is 1.07. The summed E-state index contributed by atoms with van der Waals surface area (Å²) in [4.78, 5) is 7.00. The average Bonchev–Trinajstić information content (AvgIpc) is 3.10. The molecule has 0 amide bonds. The lowest BCUT2D eigenvalue weighted by Gasteiger charge is -2.33. The summed E-state index contributed by atoms with van der Waals surface area (Å²) in [5, 5.41) is 4.12. The molecular weight excluding hydrogens is 374 g/mol. The maximum Gasteiger partial charge on any atom is 0.244 e. The minimum Gasteiger partial charge on any atom is -0.496 e. The van der Waals surface area contributed by atoms with Crippen molar-refractivity contribution in [2.75, 3.05) is 40.6 Å². The highest BCUT2D eigenvalue weighted by Gasteiger charge is 2.30. The van der Waals surface area contributed by atoms with Crippen LogP contribution < -0.4 is 14.2 Å². The Morgan fingerprint density at radius 2 is 1.93 bits per heavy atom. The van der Waals surface area contributed by atoms with Gasteiger partial charge in [-0.25, -0.2) is 0 Å². The Hall–Kier alpha value is -2.32. The Bertz CT molecular complexity index is 810. The Morgan fingerprint density at radius 3 is 2.72 bits per heavy atom. The highest BCUT2D eigenvalue weighted by atomic mass is 16.5. The van der Waals surface area contributed by atoms with Gasteiger partial charge >= 0.3 is 0 Å². The molecule has 0 saturated carbocycles. The largest absolute Gasteiger partial charge is 0.496 e. The molecule has 8 nitrogen and oxygen atoms in total. The van der Waals surface area contributed by atoms with E-state index in [-0.39, 0.29) is 6.04 Å². The van der Waals surface area contributed by atoms with Crippen LogP contribution in [0.3, 0.4) is 0 Å². The number of likely N-dealkylation sites (tertiary alicyclic amines) is 1. The lowest BCUT2D eigenvalue weighted by molar-refractivity contribution is 0.110. The maximum absolute atomic E-state index is 5.88. The molecule has 1 aromatic heterocycles. The molecule has 3 heterocycles. The number of methoxy groups -OCH3 is 2. The quantitative estimate of drug-likeness (QED) is 0.698. The summed E-state index contributed by atoms with van der Waals surface area (Å²) in [7, 11) is 3.36. The van der Waals surface area contributed by atoms with Crippen LogP contribution in [0, 0.1) is 0 Å². The van der Waals surface area contributed by atoms with E-state index in [2.05, 4.69) is 15.0 Å². The summed E-state index contributed by atoms with van der Waals surface area (Å²) >= 11 is 0. The van der Waals surface area contributed by atoms with Crippen LogP contribution in [0.5, 0.6) is 17.2 Å². The summed E-state index contributed by atoms with van der Waals surface area (Å²) in [6, 6.07) is 4.08. The summed E-state index contributed by atoms with van der Waals surface area (Å²) in [6.07, 6.45) is 4.83. The van der Waals surface area contributed by atoms with Gasteiger partial charge in [-0.3, -0.25) is 4.90 Å². The first-order valence-electron chi connectivity index (χ1n) is 10.3. The van der Waals surface area contributed by atoms with E-state index in [1.165, 1.54) is 0 Å². The standard InChI is InChI=1S/C21H29N3O5/c1-25-11-7-20-22-21(29-23-20)16-6-3-4-8-24(16)14-15-12-18-19(13-17(15)26-2)28-10-5-9-27-18/h12-13,16H,3-11,14H2,1-2H3. The van der Waals surface area contributed by atoms with E-state index in [1.54, 1.807) is 14.2 Å². The van der Waals surface area contributed by atoms with Crippen LogP contribution in [0.4, 0.5) is 0 Å². The van der Waals surface area contributed by atoms with E-state index in [0.29, 0.717) is 38.0 Å². The number of ether oxygens (including phenoxy) is 4. The first-order valence-corrected chi connectivity index (χ1v) is 10.3. The van der Waals surface area contributed by atoms with Crippen molar-refractivity contribution in [2.24, 2.45) is 0 Å². The zero-order valence-electron chi connectivity index (χ0n) is 17.2. The molecule has 4 rings (SSSR count).